The van der Waals surface area contributed by atoms with Crippen LogP contribution in [0.15, 0.2) is 60.7 Å². The van der Waals surface area contributed by atoms with Crippen molar-refractivity contribution in [1.29, 1.82) is 0 Å². The van der Waals surface area contributed by atoms with Crippen LogP contribution in [0.25, 0.3) is 0 Å². The van der Waals surface area contributed by atoms with Gasteiger partial charge >= 0.3 is 0 Å². The summed E-state index contributed by atoms with van der Waals surface area (Å²) in [6.07, 6.45) is 3.19. The average molecular weight is 280 g/mol. The Hall–Kier alpha value is -2.22. The highest BCUT2D eigenvalue weighted by molar-refractivity contribution is 5.86. The second-order valence-corrected chi connectivity index (χ2v) is 5.16. The van der Waals surface area contributed by atoms with Crippen molar-refractivity contribution >= 4 is 12.1 Å². The molecular weight excluding hydrogens is 260 g/mol. The van der Waals surface area contributed by atoms with Gasteiger partial charge in [-0.15, -0.1) is 0 Å². The largest absolute Gasteiger partial charge is 0.303 e. The van der Waals surface area contributed by atoms with Crippen LogP contribution in [0.3, 0.4) is 0 Å². The van der Waals surface area contributed by atoms with Crippen LogP contribution in [0.4, 0.5) is 0 Å². The maximum atomic E-state index is 12.5. The Morgan fingerprint density at radius 3 is 2.19 bits per heavy atom. The Balaban J connectivity index is 2.02. The highest BCUT2D eigenvalue weighted by Crippen LogP contribution is 2.24. The van der Waals surface area contributed by atoms with Gasteiger partial charge in [0.25, 0.3) is 0 Å². The van der Waals surface area contributed by atoms with Crippen LogP contribution < -0.4 is 0 Å². The van der Waals surface area contributed by atoms with E-state index in [9.17, 15) is 9.59 Å². The summed E-state index contributed by atoms with van der Waals surface area (Å²) in [5.74, 6) is 0.0482. The van der Waals surface area contributed by atoms with Gasteiger partial charge in [0.2, 0.25) is 0 Å². The highest BCUT2D eigenvalue weighted by atomic mass is 16.1. The molecule has 0 bridgehead atoms. The van der Waals surface area contributed by atoms with Gasteiger partial charge in [0.05, 0.1) is 0 Å². The van der Waals surface area contributed by atoms with Crippen molar-refractivity contribution in [2.45, 2.75) is 31.6 Å². The minimum atomic E-state index is -0.167. The minimum absolute atomic E-state index is 0.167. The Bertz CT molecular complexity index is 561. The molecule has 0 radical (unpaired) electrons. The number of hydrogen-bond acceptors (Lipinski definition) is 2. The maximum absolute atomic E-state index is 12.5. The molecule has 0 heterocycles. The van der Waals surface area contributed by atoms with E-state index in [1.165, 1.54) is 5.56 Å². The molecule has 0 fully saturated rings. The molecule has 0 spiro atoms. The molecule has 0 saturated carbocycles. The second-order valence-electron chi connectivity index (χ2n) is 5.16. The van der Waals surface area contributed by atoms with Crippen LogP contribution in [0.2, 0.25) is 0 Å². The summed E-state index contributed by atoms with van der Waals surface area (Å²) in [7, 11) is 0. The molecule has 0 aliphatic heterocycles. The van der Waals surface area contributed by atoms with Crippen molar-refractivity contribution in [3.05, 3.63) is 71.8 Å². The molecule has 2 rings (SSSR count). The highest BCUT2D eigenvalue weighted by Gasteiger charge is 2.19. The van der Waals surface area contributed by atoms with E-state index in [1.807, 2.05) is 60.7 Å². The molecule has 2 aromatic rings. The quantitative estimate of drug-likeness (QED) is 0.686. The van der Waals surface area contributed by atoms with Crippen molar-refractivity contribution in [1.82, 2.24) is 0 Å². The minimum Gasteiger partial charge on any atom is -0.303 e. The van der Waals surface area contributed by atoms with E-state index in [4.69, 9.17) is 0 Å². The summed E-state index contributed by atoms with van der Waals surface area (Å²) in [5, 5.41) is 0. The summed E-state index contributed by atoms with van der Waals surface area (Å²) >= 11 is 0. The molecule has 2 heteroatoms. The van der Waals surface area contributed by atoms with Crippen LogP contribution in [0, 0.1) is 0 Å². The van der Waals surface area contributed by atoms with Crippen molar-refractivity contribution < 1.29 is 9.59 Å². The second kappa shape index (κ2) is 8.15. The van der Waals surface area contributed by atoms with E-state index < -0.39 is 0 Å². The smallest absolute Gasteiger partial charge is 0.140 e. The lowest BCUT2D eigenvalue weighted by Gasteiger charge is -2.15. The van der Waals surface area contributed by atoms with Crippen molar-refractivity contribution in [3.8, 4) is 0 Å². The topological polar surface area (TPSA) is 34.1 Å². The van der Waals surface area contributed by atoms with E-state index in [2.05, 4.69) is 0 Å². The number of ketones is 1. The number of rotatable bonds is 8. The van der Waals surface area contributed by atoms with Crippen molar-refractivity contribution in [2.75, 3.05) is 0 Å². The predicted molar refractivity (Wildman–Crippen MR) is 84.3 cm³/mol. The van der Waals surface area contributed by atoms with E-state index in [0.717, 1.165) is 18.3 Å². The zero-order chi connectivity index (χ0) is 14.9. The van der Waals surface area contributed by atoms with Gasteiger partial charge in [-0.3, -0.25) is 4.79 Å². The van der Waals surface area contributed by atoms with Gasteiger partial charge in [0.15, 0.2) is 0 Å². The fraction of sp³-hybridized carbons (Fsp3) is 0.263. The first kappa shape index (κ1) is 15.2. The lowest BCUT2D eigenvalue weighted by atomic mass is 9.88. The lowest BCUT2D eigenvalue weighted by Crippen LogP contribution is -2.14. The van der Waals surface area contributed by atoms with Gasteiger partial charge in [-0.2, -0.15) is 0 Å². The number of benzene rings is 2. The summed E-state index contributed by atoms with van der Waals surface area (Å²) in [6.45, 7) is 0. The lowest BCUT2D eigenvalue weighted by molar-refractivity contribution is -0.120. The summed E-state index contributed by atoms with van der Waals surface area (Å²) in [5.41, 5.74) is 2.19. The Morgan fingerprint density at radius 2 is 1.57 bits per heavy atom. The fourth-order valence-corrected chi connectivity index (χ4v) is 2.52. The van der Waals surface area contributed by atoms with Crippen LogP contribution in [0.5, 0.6) is 0 Å². The monoisotopic (exact) mass is 280 g/mol. The van der Waals surface area contributed by atoms with Gasteiger partial charge in [-0.1, -0.05) is 60.7 Å². The van der Waals surface area contributed by atoms with E-state index in [1.54, 1.807) is 0 Å². The number of aryl methyl sites for hydroxylation is 1. The van der Waals surface area contributed by atoms with Gasteiger partial charge < -0.3 is 4.79 Å². The third-order valence-electron chi connectivity index (χ3n) is 3.67. The van der Waals surface area contributed by atoms with Crippen LogP contribution in [0.1, 0.15) is 36.3 Å². The third kappa shape index (κ3) is 4.67. The molecule has 2 aromatic carbocycles. The summed E-state index contributed by atoms with van der Waals surface area (Å²) in [4.78, 5) is 23.1. The summed E-state index contributed by atoms with van der Waals surface area (Å²) in [6, 6.07) is 19.8. The zero-order valence-electron chi connectivity index (χ0n) is 12.1. The van der Waals surface area contributed by atoms with Crippen LogP contribution in [-0.4, -0.2) is 12.1 Å². The van der Waals surface area contributed by atoms with Crippen LogP contribution in [-0.2, 0) is 16.0 Å². The van der Waals surface area contributed by atoms with E-state index in [-0.39, 0.29) is 11.7 Å². The van der Waals surface area contributed by atoms with Crippen molar-refractivity contribution in [3.63, 3.8) is 0 Å². The maximum Gasteiger partial charge on any atom is 0.140 e. The van der Waals surface area contributed by atoms with Gasteiger partial charge in [0, 0.05) is 18.8 Å². The Labute approximate surface area is 125 Å². The number of Topliss-reactive ketones (excluding diaryl/α,β-unsaturated/α-hetero) is 1. The third-order valence-corrected chi connectivity index (χ3v) is 3.67. The SMILES string of the molecule is O=CCCC(C(=O)CCc1ccccc1)c1ccccc1. The number of aldehydes is 1. The van der Waals surface area contributed by atoms with Crippen molar-refractivity contribution in [2.24, 2.45) is 0 Å². The fourth-order valence-electron chi connectivity index (χ4n) is 2.52. The van der Waals surface area contributed by atoms with Gasteiger partial charge in [-0.05, 0) is 24.0 Å². The normalized spacial score (nSPS) is 11.8. The molecule has 0 amide bonds. The average Bonchev–Trinajstić information content (AvgIpc) is 2.55. The van der Waals surface area contributed by atoms with Gasteiger partial charge in [-0.25, -0.2) is 0 Å². The molecule has 0 aliphatic rings. The Morgan fingerprint density at radius 1 is 0.952 bits per heavy atom. The number of carbonyl (C=O) groups is 2. The standard InChI is InChI=1S/C19H20O2/c20-15-7-12-18(17-10-5-2-6-11-17)19(21)14-13-16-8-3-1-4-9-16/h1-6,8-11,15,18H,7,12-14H2. The van der Waals surface area contributed by atoms with Gasteiger partial charge in [0.1, 0.15) is 12.1 Å². The molecule has 0 saturated heterocycles. The molecule has 2 nitrogen and oxygen atoms in total. The predicted octanol–water partition coefficient (Wildman–Crippen LogP) is 3.95. The van der Waals surface area contributed by atoms with Crippen LogP contribution >= 0.6 is 0 Å². The molecule has 21 heavy (non-hydrogen) atoms. The number of carbonyl (C=O) groups excluding carboxylic acids is 2. The molecule has 108 valence electrons. The molecule has 1 unspecified atom stereocenters. The first-order chi connectivity index (χ1) is 10.3. The first-order valence-electron chi connectivity index (χ1n) is 7.36. The molecule has 0 aliphatic carbocycles. The molecule has 1 atom stereocenters. The first-order valence-corrected chi connectivity index (χ1v) is 7.36. The number of hydrogen-bond donors (Lipinski definition) is 0. The Kier molecular flexibility index (Phi) is 5.89. The van der Waals surface area contributed by atoms with E-state index in [0.29, 0.717) is 19.3 Å². The summed E-state index contributed by atoms with van der Waals surface area (Å²) < 4.78 is 0. The zero-order valence-corrected chi connectivity index (χ0v) is 12.1. The van der Waals surface area contributed by atoms with E-state index >= 15 is 0 Å². The molecule has 0 N–H and O–H groups in total. The molecular formula is C19H20O2. The molecule has 0 aromatic heterocycles.